The van der Waals surface area contributed by atoms with Crippen LogP contribution in [0.3, 0.4) is 0 Å². The molecule has 0 spiro atoms. The lowest BCUT2D eigenvalue weighted by molar-refractivity contribution is 0.102. The van der Waals surface area contributed by atoms with Crippen LogP contribution in [0, 0.1) is 6.92 Å². The van der Waals surface area contributed by atoms with Crippen LogP contribution in [0.5, 0.6) is 0 Å². The molecular weight excluding hydrogens is 334 g/mol. The molecule has 1 aromatic heterocycles. The summed E-state index contributed by atoms with van der Waals surface area (Å²) in [5.41, 5.74) is 3.71. The van der Waals surface area contributed by atoms with Crippen molar-refractivity contribution < 1.29 is 4.79 Å². The molecule has 0 bridgehead atoms. The summed E-state index contributed by atoms with van der Waals surface area (Å²) in [5, 5.41) is 2.90. The number of carbonyl (C=O) groups excluding carboxylic acids is 1. The van der Waals surface area contributed by atoms with Crippen molar-refractivity contribution in [3.8, 4) is 0 Å². The zero-order valence-corrected chi connectivity index (χ0v) is 16.0. The number of pyridine rings is 1. The quantitative estimate of drug-likeness (QED) is 0.669. The third kappa shape index (κ3) is 4.94. The Morgan fingerprint density at radius 1 is 1.00 bits per heavy atom. The molecular formula is C23H25N3O. The third-order valence-electron chi connectivity index (χ3n) is 4.43. The van der Waals surface area contributed by atoms with Crippen LogP contribution < -0.4 is 10.2 Å². The molecule has 2 aromatic carbocycles. The fourth-order valence-corrected chi connectivity index (χ4v) is 2.84. The van der Waals surface area contributed by atoms with E-state index >= 15 is 0 Å². The average molecular weight is 359 g/mol. The second-order valence-corrected chi connectivity index (χ2v) is 6.93. The number of carbonyl (C=O) groups is 1. The maximum atomic E-state index is 12.4. The van der Waals surface area contributed by atoms with Gasteiger partial charge in [0.25, 0.3) is 5.91 Å². The van der Waals surface area contributed by atoms with Gasteiger partial charge in [0.1, 0.15) is 5.82 Å². The lowest BCUT2D eigenvalue weighted by atomic mass is 10.1. The van der Waals surface area contributed by atoms with Crippen LogP contribution in [0.15, 0.2) is 72.9 Å². The first-order valence-electron chi connectivity index (χ1n) is 9.17. The van der Waals surface area contributed by atoms with Crippen LogP contribution in [0.25, 0.3) is 0 Å². The van der Waals surface area contributed by atoms with Gasteiger partial charge < -0.3 is 10.2 Å². The summed E-state index contributed by atoms with van der Waals surface area (Å²) in [7, 11) is 0. The molecule has 1 amide bonds. The summed E-state index contributed by atoms with van der Waals surface area (Å²) >= 11 is 0. The van der Waals surface area contributed by atoms with Crippen molar-refractivity contribution in [1.29, 1.82) is 0 Å². The highest BCUT2D eigenvalue weighted by atomic mass is 16.1. The monoisotopic (exact) mass is 359 g/mol. The average Bonchev–Trinajstić information content (AvgIpc) is 2.68. The molecule has 0 aliphatic rings. The van der Waals surface area contributed by atoms with Gasteiger partial charge in [0, 0.05) is 24.5 Å². The third-order valence-corrected chi connectivity index (χ3v) is 4.43. The molecule has 0 fully saturated rings. The van der Waals surface area contributed by atoms with Gasteiger partial charge in [0.05, 0.1) is 5.56 Å². The summed E-state index contributed by atoms with van der Waals surface area (Å²) in [6.07, 6.45) is 1.64. The van der Waals surface area contributed by atoms with Crippen molar-refractivity contribution in [1.82, 2.24) is 4.98 Å². The van der Waals surface area contributed by atoms with Gasteiger partial charge in [-0.3, -0.25) is 4.79 Å². The number of nitrogens with one attached hydrogen (secondary N) is 1. The van der Waals surface area contributed by atoms with Crippen molar-refractivity contribution in [3.05, 3.63) is 89.6 Å². The van der Waals surface area contributed by atoms with Gasteiger partial charge in [0.15, 0.2) is 0 Å². The molecule has 0 saturated carbocycles. The van der Waals surface area contributed by atoms with E-state index in [0.29, 0.717) is 11.6 Å². The number of aryl methyl sites for hydroxylation is 1. The predicted octanol–water partition coefficient (Wildman–Crippen LogP) is 5.06. The number of hydrogen-bond acceptors (Lipinski definition) is 3. The van der Waals surface area contributed by atoms with Gasteiger partial charge in [-0.1, -0.05) is 48.0 Å². The number of aromatic nitrogens is 1. The number of rotatable bonds is 6. The molecule has 1 heterocycles. The molecule has 0 radical (unpaired) electrons. The van der Waals surface area contributed by atoms with Crippen molar-refractivity contribution in [2.75, 3.05) is 10.2 Å². The molecule has 0 saturated heterocycles. The Bertz CT molecular complexity index is 872. The molecule has 0 atom stereocenters. The second-order valence-electron chi connectivity index (χ2n) is 6.93. The first kappa shape index (κ1) is 18.6. The van der Waals surface area contributed by atoms with Crippen LogP contribution in [0.1, 0.15) is 35.3 Å². The summed E-state index contributed by atoms with van der Waals surface area (Å²) in [6, 6.07) is 22.1. The number of hydrogen-bond donors (Lipinski definition) is 1. The topological polar surface area (TPSA) is 45.2 Å². The first-order chi connectivity index (χ1) is 13.0. The van der Waals surface area contributed by atoms with E-state index in [2.05, 4.69) is 41.2 Å². The molecule has 4 heteroatoms. The summed E-state index contributed by atoms with van der Waals surface area (Å²) in [5.74, 6) is 0.706. The second kappa shape index (κ2) is 8.49. The zero-order chi connectivity index (χ0) is 19.2. The first-order valence-corrected chi connectivity index (χ1v) is 9.17. The zero-order valence-electron chi connectivity index (χ0n) is 16.0. The Labute approximate surface area is 160 Å². The van der Waals surface area contributed by atoms with E-state index in [9.17, 15) is 4.79 Å². The fraction of sp³-hybridized carbons (Fsp3) is 0.217. The Morgan fingerprint density at radius 3 is 2.30 bits per heavy atom. The standard InChI is InChI=1S/C23H25N3O/c1-17(2)26(16-19-7-5-4-6-8-19)22-14-11-20(15-24-22)23(27)25-21-12-9-18(3)10-13-21/h4-15,17H,16H2,1-3H3,(H,25,27). The summed E-state index contributed by atoms with van der Waals surface area (Å²) in [6.45, 7) is 7.08. The van der Waals surface area contributed by atoms with E-state index in [1.807, 2.05) is 61.5 Å². The van der Waals surface area contributed by atoms with Gasteiger partial charge in [0.2, 0.25) is 0 Å². The molecule has 0 unspecified atom stereocenters. The highest BCUT2D eigenvalue weighted by Crippen LogP contribution is 2.19. The molecule has 0 aliphatic heterocycles. The van der Waals surface area contributed by atoms with Gasteiger partial charge in [-0.2, -0.15) is 0 Å². The molecule has 1 N–H and O–H groups in total. The minimum atomic E-state index is -0.156. The van der Waals surface area contributed by atoms with Crippen LogP contribution >= 0.6 is 0 Å². The largest absolute Gasteiger partial charge is 0.350 e. The molecule has 0 aliphatic carbocycles. The van der Waals surface area contributed by atoms with E-state index in [-0.39, 0.29) is 5.91 Å². The Hall–Kier alpha value is -3.14. The van der Waals surface area contributed by atoms with Crippen LogP contribution in [-0.2, 0) is 6.54 Å². The van der Waals surface area contributed by atoms with Crippen LogP contribution in [0.4, 0.5) is 11.5 Å². The van der Waals surface area contributed by atoms with Crippen molar-refractivity contribution in [2.45, 2.75) is 33.4 Å². The van der Waals surface area contributed by atoms with Gasteiger partial charge >= 0.3 is 0 Å². The SMILES string of the molecule is Cc1ccc(NC(=O)c2ccc(N(Cc3ccccc3)C(C)C)nc2)cc1. The minimum absolute atomic E-state index is 0.156. The molecule has 138 valence electrons. The maximum absolute atomic E-state index is 12.4. The van der Waals surface area contributed by atoms with E-state index in [1.54, 1.807) is 6.20 Å². The summed E-state index contributed by atoms with van der Waals surface area (Å²) < 4.78 is 0. The van der Waals surface area contributed by atoms with Crippen LogP contribution in [0.2, 0.25) is 0 Å². The van der Waals surface area contributed by atoms with E-state index in [0.717, 1.165) is 23.6 Å². The lowest BCUT2D eigenvalue weighted by Crippen LogP contribution is -2.31. The number of benzene rings is 2. The fourth-order valence-electron chi connectivity index (χ4n) is 2.84. The highest BCUT2D eigenvalue weighted by Gasteiger charge is 2.14. The Balaban J connectivity index is 1.72. The van der Waals surface area contributed by atoms with E-state index in [1.165, 1.54) is 5.56 Å². The number of nitrogens with zero attached hydrogens (tertiary/aromatic N) is 2. The predicted molar refractivity (Wildman–Crippen MR) is 111 cm³/mol. The minimum Gasteiger partial charge on any atom is -0.350 e. The molecule has 4 nitrogen and oxygen atoms in total. The van der Waals surface area contributed by atoms with Crippen molar-refractivity contribution in [2.24, 2.45) is 0 Å². The van der Waals surface area contributed by atoms with E-state index in [4.69, 9.17) is 0 Å². The maximum Gasteiger partial charge on any atom is 0.257 e. The van der Waals surface area contributed by atoms with E-state index < -0.39 is 0 Å². The lowest BCUT2D eigenvalue weighted by Gasteiger charge is -2.28. The van der Waals surface area contributed by atoms with Crippen molar-refractivity contribution in [3.63, 3.8) is 0 Å². The van der Waals surface area contributed by atoms with Gasteiger partial charge in [-0.05, 0) is 50.6 Å². The molecule has 27 heavy (non-hydrogen) atoms. The molecule has 3 aromatic rings. The van der Waals surface area contributed by atoms with Crippen LogP contribution in [-0.4, -0.2) is 16.9 Å². The highest BCUT2D eigenvalue weighted by molar-refractivity contribution is 6.04. The number of anilines is 2. The summed E-state index contributed by atoms with van der Waals surface area (Å²) in [4.78, 5) is 19.2. The number of amides is 1. The molecule has 3 rings (SSSR count). The Morgan fingerprint density at radius 2 is 1.70 bits per heavy atom. The smallest absolute Gasteiger partial charge is 0.257 e. The normalized spacial score (nSPS) is 10.7. The van der Waals surface area contributed by atoms with Gasteiger partial charge in [-0.15, -0.1) is 0 Å². The van der Waals surface area contributed by atoms with Gasteiger partial charge in [-0.25, -0.2) is 4.98 Å². The Kier molecular flexibility index (Phi) is 5.87. The van der Waals surface area contributed by atoms with Crippen molar-refractivity contribution >= 4 is 17.4 Å².